The van der Waals surface area contributed by atoms with Gasteiger partial charge in [0.2, 0.25) is 0 Å². The first-order chi connectivity index (χ1) is 16.3. The van der Waals surface area contributed by atoms with Crippen LogP contribution in [0.25, 0.3) is 11.1 Å². The van der Waals surface area contributed by atoms with Gasteiger partial charge in [-0.2, -0.15) is 0 Å². The van der Waals surface area contributed by atoms with Gasteiger partial charge in [-0.05, 0) is 98.8 Å². The molecule has 0 bridgehead atoms. The van der Waals surface area contributed by atoms with Crippen molar-refractivity contribution in [1.82, 2.24) is 9.88 Å². The number of hydrogen-bond acceptors (Lipinski definition) is 5. The molecule has 0 saturated carbocycles. The van der Waals surface area contributed by atoms with Crippen molar-refractivity contribution in [3.63, 3.8) is 0 Å². The Labute approximate surface area is 213 Å². The van der Waals surface area contributed by atoms with Gasteiger partial charge in [-0.25, -0.2) is 9.79 Å². The number of nitrogens with zero attached hydrogens (tertiary/aromatic N) is 2. The molecule has 2 N–H and O–H groups in total. The van der Waals surface area contributed by atoms with Crippen molar-refractivity contribution < 1.29 is 14.7 Å². The Kier molecular flexibility index (Phi) is 6.26. The topological polar surface area (TPSA) is 83.7 Å². The lowest BCUT2D eigenvalue weighted by atomic mass is 9.95. The molecule has 1 fully saturated rings. The lowest BCUT2D eigenvalue weighted by Crippen LogP contribution is -2.19. The van der Waals surface area contributed by atoms with E-state index in [9.17, 15) is 14.7 Å². The van der Waals surface area contributed by atoms with E-state index in [-0.39, 0.29) is 5.91 Å². The number of hydrogen-bond donors (Lipinski definition) is 2. The van der Waals surface area contributed by atoms with E-state index in [4.69, 9.17) is 0 Å². The first-order valence-electron chi connectivity index (χ1n) is 10.9. The summed E-state index contributed by atoms with van der Waals surface area (Å²) in [5.74, 6) is -1.06. The predicted octanol–water partition coefficient (Wildman–Crippen LogP) is 6.39. The van der Waals surface area contributed by atoms with E-state index in [0.29, 0.717) is 15.6 Å². The highest BCUT2D eigenvalue weighted by Crippen LogP contribution is 2.39. The van der Waals surface area contributed by atoms with Crippen LogP contribution >= 0.6 is 39.0 Å². The fourth-order valence-corrected chi connectivity index (χ4v) is 7.02. The minimum Gasteiger partial charge on any atom is -0.478 e. The molecule has 3 heterocycles. The molecule has 2 aliphatic rings. The molecule has 174 valence electrons. The van der Waals surface area contributed by atoms with E-state index < -0.39 is 5.97 Å². The minimum atomic E-state index is -0.874. The zero-order valence-electron chi connectivity index (χ0n) is 18.6. The molecule has 1 aliphatic heterocycles. The van der Waals surface area contributed by atoms with E-state index in [1.165, 1.54) is 16.6 Å². The maximum atomic E-state index is 12.6. The maximum absolute atomic E-state index is 12.6. The van der Waals surface area contributed by atoms with Gasteiger partial charge in [0.15, 0.2) is 5.17 Å². The quantitative estimate of drug-likeness (QED) is 0.365. The molecule has 6 nitrogen and oxygen atoms in total. The predicted molar refractivity (Wildman–Crippen MR) is 142 cm³/mol. The Morgan fingerprint density at radius 2 is 1.94 bits per heavy atom. The second kappa shape index (κ2) is 9.20. The van der Waals surface area contributed by atoms with Gasteiger partial charge in [0.1, 0.15) is 5.00 Å². The van der Waals surface area contributed by atoms with Crippen LogP contribution in [0.3, 0.4) is 0 Å². The van der Waals surface area contributed by atoms with Crippen LogP contribution < -0.4 is 5.32 Å². The average molecular weight is 557 g/mol. The Hall–Kier alpha value is -2.62. The molecule has 9 heteroatoms. The molecule has 34 heavy (non-hydrogen) atoms. The highest BCUT2D eigenvalue weighted by Gasteiger charge is 2.28. The maximum Gasteiger partial charge on any atom is 0.339 e. The van der Waals surface area contributed by atoms with Crippen LogP contribution in [0.4, 0.5) is 5.69 Å². The van der Waals surface area contributed by atoms with E-state index >= 15 is 0 Å². The summed E-state index contributed by atoms with van der Waals surface area (Å²) in [7, 11) is 0. The second-order valence-corrected chi connectivity index (χ2v) is 11.3. The van der Waals surface area contributed by atoms with Crippen molar-refractivity contribution in [2.45, 2.75) is 39.5 Å². The molecule has 2 aromatic heterocycles. The fraction of sp³-hybridized carbons (Fsp3) is 0.240. The van der Waals surface area contributed by atoms with Crippen LogP contribution in [0.1, 0.15) is 50.6 Å². The Balaban J connectivity index is 1.50. The number of rotatable bonds is 4. The summed E-state index contributed by atoms with van der Waals surface area (Å²) >= 11 is 6.29. The largest absolute Gasteiger partial charge is 0.478 e. The summed E-state index contributed by atoms with van der Waals surface area (Å²) in [5, 5.41) is 14.1. The number of nitrogens with one attached hydrogen (secondary N) is 1. The molecule has 0 unspecified atom stereocenters. The summed E-state index contributed by atoms with van der Waals surface area (Å²) in [5.41, 5.74) is 4.93. The molecule has 0 spiro atoms. The third-order valence-electron chi connectivity index (χ3n) is 6.03. The highest BCUT2D eigenvalue weighted by atomic mass is 79.9. The number of aryl methyl sites for hydroxylation is 2. The first-order valence-corrected chi connectivity index (χ1v) is 13.4. The van der Waals surface area contributed by atoms with Crippen LogP contribution in [0.2, 0.25) is 0 Å². The number of amidine groups is 1. The van der Waals surface area contributed by atoms with Gasteiger partial charge in [0, 0.05) is 20.7 Å². The summed E-state index contributed by atoms with van der Waals surface area (Å²) in [6.07, 6.45) is 5.75. The monoisotopic (exact) mass is 555 g/mol. The fourth-order valence-electron chi connectivity index (χ4n) is 4.43. The summed E-state index contributed by atoms with van der Waals surface area (Å²) in [6.45, 7) is 3.94. The third kappa shape index (κ3) is 4.28. The second-order valence-electron chi connectivity index (χ2n) is 8.32. The van der Waals surface area contributed by atoms with Crippen molar-refractivity contribution >= 4 is 67.8 Å². The number of carbonyl (C=O) groups is 2. The van der Waals surface area contributed by atoms with Crippen LogP contribution in [0, 0.1) is 13.8 Å². The van der Waals surface area contributed by atoms with E-state index in [1.54, 1.807) is 11.3 Å². The van der Waals surface area contributed by atoms with Crippen LogP contribution in [0.15, 0.2) is 44.7 Å². The molecule has 0 atom stereocenters. The summed E-state index contributed by atoms with van der Waals surface area (Å²) in [6, 6.07) is 9.56. The van der Waals surface area contributed by atoms with Crippen molar-refractivity contribution in [2.75, 3.05) is 0 Å². The van der Waals surface area contributed by atoms with Crippen LogP contribution in [-0.4, -0.2) is 26.7 Å². The van der Waals surface area contributed by atoms with Gasteiger partial charge in [-0.3, -0.25) is 4.79 Å². The van der Waals surface area contributed by atoms with Crippen LogP contribution in [-0.2, 0) is 17.6 Å². The number of carboxylic acids is 1. The molecule has 1 aromatic carbocycles. The number of aromatic carboxylic acids is 1. The lowest BCUT2D eigenvalue weighted by molar-refractivity contribution is -0.115. The van der Waals surface area contributed by atoms with E-state index in [1.807, 2.05) is 54.8 Å². The number of carbonyl (C=O) groups excluding carboxylic acids is 1. The molecule has 0 radical (unpaired) electrons. The molecule has 1 amide bonds. The number of thiophene rings is 1. The number of benzene rings is 1. The van der Waals surface area contributed by atoms with Gasteiger partial charge in [0.05, 0.1) is 16.2 Å². The highest BCUT2D eigenvalue weighted by molar-refractivity contribution is 9.10. The average Bonchev–Trinajstić information content (AvgIpc) is 3.43. The molecule has 5 rings (SSSR count). The zero-order valence-corrected chi connectivity index (χ0v) is 21.9. The zero-order chi connectivity index (χ0) is 24.0. The Morgan fingerprint density at radius 3 is 2.68 bits per heavy atom. The number of fused-ring (bicyclic) bond motifs is 1. The molecular formula is C25H22BrN3O3S2. The van der Waals surface area contributed by atoms with Crippen LogP contribution in [0.5, 0.6) is 0 Å². The van der Waals surface area contributed by atoms with Gasteiger partial charge in [-0.15, -0.1) is 11.3 Å². The van der Waals surface area contributed by atoms with Gasteiger partial charge in [0.25, 0.3) is 5.91 Å². The number of aromatic nitrogens is 1. The number of thioether (sulfide) groups is 1. The minimum absolute atomic E-state index is 0.191. The molecule has 1 aliphatic carbocycles. The number of halogens is 1. The molecular weight excluding hydrogens is 534 g/mol. The van der Waals surface area contributed by atoms with Crippen molar-refractivity contribution in [3.8, 4) is 5.00 Å². The van der Waals surface area contributed by atoms with Gasteiger partial charge in [-0.1, -0.05) is 15.9 Å². The summed E-state index contributed by atoms with van der Waals surface area (Å²) in [4.78, 5) is 31.1. The molecule has 3 aromatic rings. The Bertz CT molecular complexity index is 1380. The Morgan fingerprint density at radius 1 is 1.21 bits per heavy atom. The standard InChI is InChI=1S/C25H22BrN3O3S2/c1-13-11-15(12-20-22(30)28-25(34-20)27-17-9-7-16(26)8-10-17)14(2)29(13)23-21(24(31)32)18-5-3-4-6-19(18)33-23/h7-12H,3-6H2,1-2H3,(H,31,32)(H,27,28,30)/b20-12-. The number of aliphatic imine (C=N–C) groups is 1. The van der Waals surface area contributed by atoms with Crippen molar-refractivity contribution in [1.29, 1.82) is 0 Å². The SMILES string of the molecule is Cc1cc(/C=C2\SC(=Nc3ccc(Br)cc3)NC2=O)c(C)n1-c1sc2c(c1C(=O)O)CCCC2. The molecule has 1 saturated heterocycles. The first kappa shape index (κ1) is 23.1. The van der Waals surface area contributed by atoms with Gasteiger partial charge < -0.3 is 15.0 Å². The van der Waals surface area contributed by atoms with E-state index in [0.717, 1.165) is 63.4 Å². The smallest absolute Gasteiger partial charge is 0.339 e. The van der Waals surface area contributed by atoms with Crippen molar-refractivity contribution in [3.05, 3.63) is 72.7 Å². The van der Waals surface area contributed by atoms with Gasteiger partial charge >= 0.3 is 5.97 Å². The third-order valence-corrected chi connectivity index (χ3v) is 8.75. The lowest BCUT2D eigenvalue weighted by Gasteiger charge is -2.11. The number of carboxylic acid groups (broad SMARTS) is 1. The normalized spacial score (nSPS) is 17.9. The number of amides is 1. The van der Waals surface area contributed by atoms with Crippen molar-refractivity contribution in [2.24, 2.45) is 4.99 Å². The van der Waals surface area contributed by atoms with E-state index in [2.05, 4.69) is 26.2 Å². The summed E-state index contributed by atoms with van der Waals surface area (Å²) < 4.78 is 2.99.